The fourth-order valence-electron chi connectivity index (χ4n) is 3.14. The summed E-state index contributed by atoms with van der Waals surface area (Å²) in [5.41, 5.74) is 1.64. The Balaban J connectivity index is 1.55. The molecule has 0 saturated carbocycles. The van der Waals surface area contributed by atoms with E-state index in [1.54, 1.807) is 30.5 Å². The maximum atomic E-state index is 12.6. The predicted molar refractivity (Wildman–Crippen MR) is 108 cm³/mol. The number of nitriles is 1. The number of carbonyl (C=O) groups is 2. The highest BCUT2D eigenvalue weighted by molar-refractivity contribution is 6.34. The van der Waals surface area contributed by atoms with Gasteiger partial charge in [-0.2, -0.15) is 5.26 Å². The number of nitrogens with one attached hydrogen (secondary N) is 2. The maximum Gasteiger partial charge on any atom is 0.227 e. The number of amides is 2. The fraction of sp³-hybridized carbons (Fsp3) is 0.300. The molecule has 0 unspecified atom stereocenters. The number of nitrogens with zero attached hydrogens (tertiary/aromatic N) is 3. The van der Waals surface area contributed by atoms with Crippen molar-refractivity contribution in [2.24, 2.45) is 5.92 Å². The summed E-state index contributed by atoms with van der Waals surface area (Å²) < 4.78 is 0. The molecule has 1 saturated heterocycles. The lowest BCUT2D eigenvalue weighted by molar-refractivity contribution is -0.120. The first-order valence-electron chi connectivity index (χ1n) is 8.95. The number of carbonyl (C=O) groups excluding carboxylic acids is 2. The summed E-state index contributed by atoms with van der Waals surface area (Å²) in [6.07, 6.45) is 2.99. The van der Waals surface area contributed by atoms with Gasteiger partial charge in [-0.05, 0) is 43.2 Å². The van der Waals surface area contributed by atoms with Gasteiger partial charge in [-0.25, -0.2) is 4.98 Å². The molecule has 0 spiro atoms. The Morgan fingerprint density at radius 2 is 1.96 bits per heavy atom. The molecule has 7 nitrogen and oxygen atoms in total. The lowest BCUT2D eigenvalue weighted by Crippen LogP contribution is -2.38. The van der Waals surface area contributed by atoms with Gasteiger partial charge in [-0.3, -0.25) is 9.59 Å². The molecule has 144 valence electrons. The maximum absolute atomic E-state index is 12.6. The fourth-order valence-corrected chi connectivity index (χ4v) is 3.37. The van der Waals surface area contributed by atoms with Crippen molar-refractivity contribution in [3.63, 3.8) is 0 Å². The first-order chi connectivity index (χ1) is 13.5. The van der Waals surface area contributed by atoms with Gasteiger partial charge in [0.2, 0.25) is 11.8 Å². The molecule has 8 heteroatoms. The Morgan fingerprint density at radius 3 is 2.54 bits per heavy atom. The van der Waals surface area contributed by atoms with E-state index in [0.29, 0.717) is 34.8 Å². The first kappa shape index (κ1) is 19.6. The van der Waals surface area contributed by atoms with E-state index in [4.69, 9.17) is 16.9 Å². The third-order valence-corrected chi connectivity index (χ3v) is 4.93. The van der Waals surface area contributed by atoms with Crippen LogP contribution in [0.1, 0.15) is 25.3 Å². The summed E-state index contributed by atoms with van der Waals surface area (Å²) >= 11 is 6.15. The zero-order valence-corrected chi connectivity index (χ0v) is 16.2. The molecule has 2 heterocycles. The smallest absolute Gasteiger partial charge is 0.227 e. The second-order valence-electron chi connectivity index (χ2n) is 6.64. The van der Waals surface area contributed by atoms with Crippen LogP contribution >= 0.6 is 11.6 Å². The largest absolute Gasteiger partial charge is 0.357 e. The minimum Gasteiger partial charge on any atom is -0.357 e. The standard InChI is InChI=1S/C20H20ClN5O2/c1-13(27)24-18-4-3-16(10-17(18)21)25-20(28)15-6-8-26(9-7-15)19-5-2-14(11-22)12-23-19/h2-5,10,12,15H,6-9H2,1H3,(H,24,27)(H,25,28). The highest BCUT2D eigenvalue weighted by atomic mass is 35.5. The van der Waals surface area contributed by atoms with E-state index in [1.165, 1.54) is 6.92 Å². The third kappa shape index (κ3) is 4.78. The van der Waals surface area contributed by atoms with Crippen LogP contribution in [0.4, 0.5) is 17.2 Å². The van der Waals surface area contributed by atoms with E-state index < -0.39 is 0 Å². The van der Waals surface area contributed by atoms with Crippen LogP contribution in [0.15, 0.2) is 36.5 Å². The van der Waals surface area contributed by atoms with Crippen molar-refractivity contribution in [1.82, 2.24) is 4.98 Å². The summed E-state index contributed by atoms with van der Waals surface area (Å²) in [7, 11) is 0. The highest BCUT2D eigenvalue weighted by Crippen LogP contribution is 2.27. The minimum absolute atomic E-state index is 0.0456. The molecule has 1 aliphatic rings. The van der Waals surface area contributed by atoms with Gasteiger partial charge in [-0.1, -0.05) is 11.6 Å². The van der Waals surface area contributed by atoms with E-state index in [9.17, 15) is 9.59 Å². The molecule has 28 heavy (non-hydrogen) atoms. The van der Waals surface area contributed by atoms with Crippen molar-refractivity contribution in [2.45, 2.75) is 19.8 Å². The molecule has 0 bridgehead atoms. The highest BCUT2D eigenvalue weighted by Gasteiger charge is 2.25. The SMILES string of the molecule is CC(=O)Nc1ccc(NC(=O)C2CCN(c3ccc(C#N)cn3)CC2)cc1Cl. The number of piperidine rings is 1. The molecular formula is C20H20ClN5O2. The quantitative estimate of drug-likeness (QED) is 0.823. The van der Waals surface area contributed by atoms with E-state index in [1.807, 2.05) is 6.07 Å². The van der Waals surface area contributed by atoms with Gasteiger partial charge < -0.3 is 15.5 Å². The second-order valence-corrected chi connectivity index (χ2v) is 7.05. The molecule has 0 atom stereocenters. The van der Waals surface area contributed by atoms with E-state index in [2.05, 4.69) is 26.6 Å². The summed E-state index contributed by atoms with van der Waals surface area (Å²) in [4.78, 5) is 30.1. The molecule has 0 radical (unpaired) electrons. The van der Waals surface area contributed by atoms with Gasteiger partial charge in [0, 0.05) is 37.8 Å². The van der Waals surface area contributed by atoms with Gasteiger partial charge in [0.25, 0.3) is 0 Å². The van der Waals surface area contributed by atoms with Gasteiger partial charge >= 0.3 is 0 Å². The van der Waals surface area contributed by atoms with Crippen LogP contribution in [0, 0.1) is 17.2 Å². The van der Waals surface area contributed by atoms with Crippen LogP contribution in [0.25, 0.3) is 0 Å². The molecule has 1 aromatic heterocycles. The van der Waals surface area contributed by atoms with Crippen LogP contribution in [0.2, 0.25) is 5.02 Å². The molecule has 2 amide bonds. The Labute approximate surface area is 168 Å². The van der Waals surface area contributed by atoms with Crippen molar-refractivity contribution in [3.05, 3.63) is 47.1 Å². The van der Waals surface area contributed by atoms with Crippen molar-refractivity contribution in [1.29, 1.82) is 5.26 Å². The average molecular weight is 398 g/mol. The van der Waals surface area contributed by atoms with E-state index in [-0.39, 0.29) is 17.7 Å². The van der Waals surface area contributed by atoms with Crippen molar-refractivity contribution in [3.8, 4) is 6.07 Å². The van der Waals surface area contributed by atoms with Crippen molar-refractivity contribution < 1.29 is 9.59 Å². The minimum atomic E-state index is -0.206. The molecule has 0 aliphatic carbocycles. The Kier molecular flexibility index (Phi) is 6.12. The van der Waals surface area contributed by atoms with Crippen LogP contribution in [0.3, 0.4) is 0 Å². The Bertz CT molecular complexity index is 915. The molecular weight excluding hydrogens is 378 g/mol. The van der Waals surface area contributed by atoms with Crippen molar-refractivity contribution >= 4 is 40.6 Å². The molecule has 1 fully saturated rings. The second kappa shape index (κ2) is 8.72. The van der Waals surface area contributed by atoms with Gasteiger partial charge in [-0.15, -0.1) is 0 Å². The third-order valence-electron chi connectivity index (χ3n) is 4.61. The van der Waals surface area contributed by atoms with Crippen LogP contribution in [-0.2, 0) is 9.59 Å². The average Bonchev–Trinajstić information content (AvgIpc) is 2.70. The topological polar surface area (TPSA) is 98.1 Å². The number of anilines is 3. The molecule has 1 aliphatic heterocycles. The number of hydrogen-bond acceptors (Lipinski definition) is 5. The summed E-state index contributed by atoms with van der Waals surface area (Å²) in [5, 5.41) is 14.7. The van der Waals surface area contributed by atoms with Gasteiger partial charge in [0.05, 0.1) is 16.3 Å². The van der Waals surface area contributed by atoms with Gasteiger partial charge in [0.15, 0.2) is 0 Å². The normalized spacial score (nSPS) is 14.2. The summed E-state index contributed by atoms with van der Waals surface area (Å²) in [6.45, 7) is 2.85. The lowest BCUT2D eigenvalue weighted by atomic mass is 9.95. The van der Waals surface area contributed by atoms with Gasteiger partial charge in [0.1, 0.15) is 11.9 Å². The zero-order chi connectivity index (χ0) is 20.1. The van der Waals surface area contributed by atoms with Crippen LogP contribution in [0.5, 0.6) is 0 Å². The Morgan fingerprint density at radius 1 is 1.21 bits per heavy atom. The number of pyridine rings is 1. The van der Waals surface area contributed by atoms with E-state index >= 15 is 0 Å². The number of benzene rings is 1. The number of halogens is 1. The number of hydrogen-bond donors (Lipinski definition) is 2. The summed E-state index contributed by atoms with van der Waals surface area (Å²) in [6, 6.07) is 10.6. The number of aromatic nitrogens is 1. The molecule has 2 N–H and O–H groups in total. The zero-order valence-electron chi connectivity index (χ0n) is 15.4. The molecule has 2 aromatic rings. The van der Waals surface area contributed by atoms with E-state index in [0.717, 1.165) is 18.9 Å². The lowest BCUT2D eigenvalue weighted by Gasteiger charge is -2.32. The molecule has 1 aromatic carbocycles. The first-order valence-corrected chi connectivity index (χ1v) is 9.33. The van der Waals surface area contributed by atoms with Crippen molar-refractivity contribution in [2.75, 3.05) is 28.6 Å². The Hall–Kier alpha value is -3.11. The number of rotatable bonds is 4. The summed E-state index contributed by atoms with van der Waals surface area (Å²) in [5.74, 6) is 0.472. The monoisotopic (exact) mass is 397 g/mol. The van der Waals surface area contributed by atoms with Crippen LogP contribution in [-0.4, -0.2) is 29.9 Å². The molecule has 3 rings (SSSR count). The predicted octanol–water partition coefficient (Wildman–Crippen LogP) is 3.42. The van der Waals surface area contributed by atoms with Crippen LogP contribution < -0.4 is 15.5 Å².